The van der Waals surface area contributed by atoms with Crippen LogP contribution in [0.2, 0.25) is 0 Å². The largest absolute Gasteiger partial charge is 0.338 e. The second-order valence-corrected chi connectivity index (χ2v) is 8.21. The predicted molar refractivity (Wildman–Crippen MR) is 110 cm³/mol. The predicted octanol–water partition coefficient (Wildman–Crippen LogP) is 2.11. The summed E-state index contributed by atoms with van der Waals surface area (Å²) in [7, 11) is 3.54. The zero-order valence-electron chi connectivity index (χ0n) is 17.0. The van der Waals surface area contributed by atoms with Crippen LogP contribution in [-0.2, 0) is 0 Å². The molecule has 2 aliphatic rings. The molecule has 7 heteroatoms. The molecule has 0 radical (unpaired) electrons. The number of urea groups is 1. The van der Waals surface area contributed by atoms with Gasteiger partial charge in [-0.05, 0) is 24.1 Å². The molecule has 0 aliphatic carbocycles. The van der Waals surface area contributed by atoms with Gasteiger partial charge in [-0.15, -0.1) is 0 Å². The molecule has 7 nitrogen and oxygen atoms in total. The van der Waals surface area contributed by atoms with Crippen molar-refractivity contribution in [2.75, 3.05) is 33.7 Å². The fourth-order valence-corrected chi connectivity index (χ4v) is 4.74. The third kappa shape index (κ3) is 3.41. The summed E-state index contributed by atoms with van der Waals surface area (Å²) in [6.45, 7) is 3.86. The van der Waals surface area contributed by atoms with Gasteiger partial charge in [0.15, 0.2) is 0 Å². The number of aryl methyl sites for hydroxylation is 1. The van der Waals surface area contributed by atoms with Gasteiger partial charge in [0.25, 0.3) is 5.91 Å². The minimum Gasteiger partial charge on any atom is -0.338 e. The standard InChI is InChI=1S/C22H26N4O3/c1-14-6-4-5-7-17(14)20-18-13-25(21(28)15-8-9-23-19(27)10-15)11-16(18)12-26(20)22(29)24(2)3/h4-10,16,18,20H,11-13H2,1-3H3,(H,23,27)/t16-,18-,20+/m1/s1. The summed E-state index contributed by atoms with van der Waals surface area (Å²) < 4.78 is 0. The smallest absolute Gasteiger partial charge is 0.320 e. The monoisotopic (exact) mass is 394 g/mol. The van der Waals surface area contributed by atoms with Crippen LogP contribution in [0.3, 0.4) is 0 Å². The molecule has 152 valence electrons. The van der Waals surface area contributed by atoms with Gasteiger partial charge in [0.1, 0.15) is 0 Å². The van der Waals surface area contributed by atoms with Gasteiger partial charge in [0.05, 0.1) is 6.04 Å². The zero-order valence-corrected chi connectivity index (χ0v) is 17.0. The van der Waals surface area contributed by atoms with E-state index < -0.39 is 0 Å². The number of nitrogens with zero attached hydrogens (tertiary/aromatic N) is 3. The second kappa shape index (κ2) is 7.39. The number of hydrogen-bond donors (Lipinski definition) is 1. The zero-order chi connectivity index (χ0) is 20.7. The number of rotatable bonds is 2. The molecule has 3 amide bonds. The van der Waals surface area contributed by atoms with Crippen LogP contribution in [0.25, 0.3) is 0 Å². The first-order valence-corrected chi connectivity index (χ1v) is 9.88. The van der Waals surface area contributed by atoms with Gasteiger partial charge in [-0.3, -0.25) is 9.59 Å². The first kappa shape index (κ1) is 19.2. The molecule has 3 atom stereocenters. The van der Waals surface area contributed by atoms with Gasteiger partial charge in [-0.1, -0.05) is 24.3 Å². The maximum atomic E-state index is 12.9. The minimum absolute atomic E-state index is 0.000114. The minimum atomic E-state index is -0.282. The molecule has 2 saturated heterocycles. The Morgan fingerprint density at radius 3 is 2.55 bits per heavy atom. The number of fused-ring (bicyclic) bond motifs is 1. The van der Waals surface area contributed by atoms with E-state index in [0.29, 0.717) is 25.2 Å². The van der Waals surface area contributed by atoms with E-state index in [1.54, 1.807) is 25.1 Å². The van der Waals surface area contributed by atoms with Gasteiger partial charge in [-0.2, -0.15) is 0 Å². The van der Waals surface area contributed by atoms with E-state index in [2.05, 4.69) is 24.0 Å². The highest BCUT2D eigenvalue weighted by atomic mass is 16.2. The van der Waals surface area contributed by atoms with Crippen molar-refractivity contribution in [1.82, 2.24) is 19.7 Å². The highest BCUT2D eigenvalue weighted by molar-refractivity contribution is 5.94. The number of carbonyl (C=O) groups is 2. The Bertz CT molecular complexity index is 999. The normalized spacial score (nSPS) is 23.2. The molecule has 29 heavy (non-hydrogen) atoms. The van der Waals surface area contributed by atoms with Crippen LogP contribution in [-0.4, -0.2) is 65.4 Å². The van der Waals surface area contributed by atoms with E-state index >= 15 is 0 Å². The Morgan fingerprint density at radius 2 is 1.86 bits per heavy atom. The van der Waals surface area contributed by atoms with Crippen LogP contribution in [0.1, 0.15) is 27.5 Å². The van der Waals surface area contributed by atoms with E-state index in [1.165, 1.54) is 12.3 Å². The molecular weight excluding hydrogens is 368 g/mol. The van der Waals surface area contributed by atoms with Crippen LogP contribution in [0.5, 0.6) is 0 Å². The SMILES string of the molecule is Cc1ccccc1[C@H]1[C@@H]2CN(C(=O)c3cc[nH]c(=O)c3)C[C@@H]2CN1C(=O)N(C)C. The first-order chi connectivity index (χ1) is 13.9. The Kier molecular flexibility index (Phi) is 4.90. The first-order valence-electron chi connectivity index (χ1n) is 9.88. The quantitative estimate of drug-likeness (QED) is 0.848. The number of carbonyl (C=O) groups excluding carboxylic acids is 2. The summed E-state index contributed by atoms with van der Waals surface area (Å²) in [6.07, 6.45) is 1.50. The number of benzene rings is 1. The summed E-state index contributed by atoms with van der Waals surface area (Å²) in [5.41, 5.74) is 2.41. The molecule has 0 saturated carbocycles. The molecule has 3 heterocycles. The Hall–Kier alpha value is -3.09. The fourth-order valence-electron chi connectivity index (χ4n) is 4.74. The maximum Gasteiger partial charge on any atom is 0.320 e. The van der Waals surface area contributed by atoms with Crippen molar-refractivity contribution in [3.8, 4) is 0 Å². The molecule has 2 aliphatic heterocycles. The summed E-state index contributed by atoms with van der Waals surface area (Å²) in [6, 6.07) is 11.1. The fraction of sp³-hybridized carbons (Fsp3) is 0.409. The molecule has 2 fully saturated rings. The van der Waals surface area contributed by atoms with Gasteiger partial charge in [-0.25, -0.2) is 4.79 Å². The summed E-state index contributed by atoms with van der Waals surface area (Å²) in [5.74, 6) is 0.264. The van der Waals surface area contributed by atoms with E-state index in [1.807, 2.05) is 21.9 Å². The molecule has 2 aromatic rings. The Labute approximate surface area is 169 Å². The average Bonchev–Trinajstić information content (AvgIpc) is 3.25. The molecule has 4 rings (SSSR count). The maximum absolute atomic E-state index is 12.9. The Morgan fingerprint density at radius 1 is 1.10 bits per heavy atom. The van der Waals surface area contributed by atoms with Gasteiger partial charge >= 0.3 is 6.03 Å². The van der Waals surface area contributed by atoms with Crippen LogP contribution in [0.15, 0.2) is 47.4 Å². The van der Waals surface area contributed by atoms with Crippen molar-refractivity contribution in [3.63, 3.8) is 0 Å². The van der Waals surface area contributed by atoms with Crippen LogP contribution in [0.4, 0.5) is 4.79 Å². The third-order valence-electron chi connectivity index (χ3n) is 6.11. The molecule has 0 unspecified atom stereocenters. The van der Waals surface area contributed by atoms with Crippen molar-refractivity contribution in [1.29, 1.82) is 0 Å². The van der Waals surface area contributed by atoms with E-state index in [4.69, 9.17) is 0 Å². The lowest BCUT2D eigenvalue weighted by atomic mass is 9.88. The summed E-state index contributed by atoms with van der Waals surface area (Å²) in [5, 5.41) is 0. The van der Waals surface area contributed by atoms with Gasteiger partial charge in [0, 0.05) is 63.4 Å². The highest BCUT2D eigenvalue weighted by Crippen LogP contribution is 2.46. The van der Waals surface area contributed by atoms with E-state index in [0.717, 1.165) is 11.1 Å². The van der Waals surface area contributed by atoms with Crippen molar-refractivity contribution in [2.45, 2.75) is 13.0 Å². The number of H-pyrrole nitrogens is 1. The number of pyridine rings is 1. The topological polar surface area (TPSA) is 76.7 Å². The number of amides is 3. The Balaban J connectivity index is 1.64. The molecule has 1 aromatic heterocycles. The van der Waals surface area contributed by atoms with Gasteiger partial charge in [0.2, 0.25) is 5.56 Å². The van der Waals surface area contributed by atoms with Crippen molar-refractivity contribution in [2.24, 2.45) is 11.8 Å². The number of aromatic nitrogens is 1. The second-order valence-electron chi connectivity index (χ2n) is 8.21. The number of aromatic amines is 1. The highest BCUT2D eigenvalue weighted by Gasteiger charge is 2.50. The van der Waals surface area contributed by atoms with Crippen molar-refractivity contribution in [3.05, 3.63) is 69.6 Å². The van der Waals surface area contributed by atoms with Gasteiger partial charge < -0.3 is 19.7 Å². The van der Waals surface area contributed by atoms with Crippen LogP contribution in [0, 0.1) is 18.8 Å². The molecular formula is C22H26N4O3. The van der Waals surface area contributed by atoms with Crippen LogP contribution < -0.4 is 5.56 Å². The molecule has 1 N–H and O–H groups in total. The lowest BCUT2D eigenvalue weighted by molar-refractivity contribution is 0.0766. The number of likely N-dealkylation sites (tertiary alicyclic amines) is 2. The molecule has 0 bridgehead atoms. The number of hydrogen-bond acceptors (Lipinski definition) is 3. The lowest BCUT2D eigenvalue weighted by Gasteiger charge is -2.32. The van der Waals surface area contributed by atoms with Crippen molar-refractivity contribution < 1.29 is 9.59 Å². The average molecular weight is 394 g/mol. The van der Waals surface area contributed by atoms with E-state index in [9.17, 15) is 14.4 Å². The molecule has 0 spiro atoms. The summed E-state index contributed by atoms with van der Waals surface area (Å²) >= 11 is 0. The number of nitrogens with one attached hydrogen (secondary N) is 1. The van der Waals surface area contributed by atoms with E-state index in [-0.39, 0.29) is 35.4 Å². The summed E-state index contributed by atoms with van der Waals surface area (Å²) in [4.78, 5) is 45.4. The van der Waals surface area contributed by atoms with Crippen molar-refractivity contribution >= 4 is 11.9 Å². The third-order valence-corrected chi connectivity index (χ3v) is 6.11. The molecule has 1 aromatic carbocycles. The lowest BCUT2D eigenvalue weighted by Crippen LogP contribution is -2.42. The van der Waals surface area contributed by atoms with Crippen LogP contribution >= 0.6 is 0 Å².